The number of carbonyl (C=O) groups is 1. The summed E-state index contributed by atoms with van der Waals surface area (Å²) >= 11 is 0. The monoisotopic (exact) mass is 429 g/mol. The number of hydrogen-bond acceptors (Lipinski definition) is 6. The summed E-state index contributed by atoms with van der Waals surface area (Å²) in [6.07, 6.45) is 0. The minimum Gasteiger partial charge on any atom is -0.493 e. The number of halogens is 2. The molecule has 0 aliphatic rings. The van der Waals surface area contributed by atoms with Crippen LogP contribution in [-0.2, 0) is 21.4 Å². The molecule has 0 radical (unpaired) electrons. The van der Waals surface area contributed by atoms with Gasteiger partial charge in [0, 0.05) is 12.2 Å². The number of sulfonamides is 1. The molecule has 0 aliphatic carbocycles. The Hall–Kier alpha value is -2.76. The first-order chi connectivity index (χ1) is 13.6. The van der Waals surface area contributed by atoms with Crippen molar-refractivity contribution in [3.63, 3.8) is 0 Å². The standard InChI is InChI=1S/C18H21F2N3O5S/c1-23(10-12-3-8-15(27-2)16(9-12)28-18(19)20)11-17(24)22-13-4-6-14(7-5-13)29(21,25)26/h3-9,18H,10-11H2,1-2H3,(H,22,24)(H2,21,25,26). The van der Waals surface area contributed by atoms with Gasteiger partial charge in [-0.2, -0.15) is 8.78 Å². The largest absolute Gasteiger partial charge is 0.493 e. The molecular weight excluding hydrogens is 408 g/mol. The highest BCUT2D eigenvalue weighted by Gasteiger charge is 2.14. The van der Waals surface area contributed by atoms with Crippen LogP contribution in [0.15, 0.2) is 47.4 Å². The Morgan fingerprint density at radius 3 is 2.38 bits per heavy atom. The van der Waals surface area contributed by atoms with Crippen LogP contribution in [-0.4, -0.2) is 46.5 Å². The summed E-state index contributed by atoms with van der Waals surface area (Å²) in [7, 11) is -0.776. The van der Waals surface area contributed by atoms with Crippen molar-refractivity contribution in [1.29, 1.82) is 0 Å². The Bertz CT molecular complexity index is 952. The number of primary sulfonamides is 1. The lowest BCUT2D eigenvalue weighted by Gasteiger charge is -2.18. The maximum Gasteiger partial charge on any atom is 0.387 e. The van der Waals surface area contributed by atoms with Gasteiger partial charge in [-0.3, -0.25) is 9.69 Å². The molecule has 0 heterocycles. The van der Waals surface area contributed by atoms with E-state index in [1.807, 2.05) is 0 Å². The Morgan fingerprint density at radius 1 is 1.17 bits per heavy atom. The summed E-state index contributed by atoms with van der Waals surface area (Å²) in [6.45, 7) is -2.68. The van der Waals surface area contributed by atoms with Gasteiger partial charge in [-0.1, -0.05) is 6.07 Å². The van der Waals surface area contributed by atoms with Gasteiger partial charge in [0.25, 0.3) is 0 Å². The lowest BCUT2D eigenvalue weighted by molar-refractivity contribution is -0.117. The second-order valence-electron chi connectivity index (χ2n) is 6.15. The Morgan fingerprint density at radius 2 is 1.83 bits per heavy atom. The average Bonchev–Trinajstić information content (AvgIpc) is 2.61. The van der Waals surface area contributed by atoms with Crippen molar-refractivity contribution in [1.82, 2.24) is 4.90 Å². The number of rotatable bonds is 9. The van der Waals surface area contributed by atoms with E-state index in [9.17, 15) is 22.0 Å². The van der Waals surface area contributed by atoms with E-state index in [-0.39, 0.29) is 28.8 Å². The van der Waals surface area contributed by atoms with E-state index < -0.39 is 16.6 Å². The lowest BCUT2D eigenvalue weighted by atomic mass is 10.2. The van der Waals surface area contributed by atoms with Crippen molar-refractivity contribution < 1.29 is 31.5 Å². The Balaban J connectivity index is 1.96. The first-order valence-electron chi connectivity index (χ1n) is 8.31. The molecule has 0 aliphatic heterocycles. The van der Waals surface area contributed by atoms with Gasteiger partial charge >= 0.3 is 6.61 Å². The molecule has 2 aromatic rings. The van der Waals surface area contributed by atoms with Crippen LogP contribution in [0.3, 0.4) is 0 Å². The zero-order chi connectivity index (χ0) is 21.6. The zero-order valence-corrected chi connectivity index (χ0v) is 16.6. The third-order valence-corrected chi connectivity index (χ3v) is 4.71. The number of alkyl halides is 2. The van der Waals surface area contributed by atoms with E-state index in [1.165, 1.54) is 43.5 Å². The van der Waals surface area contributed by atoms with Crippen molar-refractivity contribution in [2.24, 2.45) is 5.14 Å². The van der Waals surface area contributed by atoms with E-state index in [2.05, 4.69) is 10.1 Å². The van der Waals surface area contributed by atoms with Gasteiger partial charge in [0.15, 0.2) is 11.5 Å². The number of nitrogens with two attached hydrogens (primary N) is 1. The fraction of sp³-hybridized carbons (Fsp3) is 0.278. The average molecular weight is 429 g/mol. The molecular formula is C18H21F2N3O5S. The van der Waals surface area contributed by atoms with Gasteiger partial charge in [0.05, 0.1) is 18.6 Å². The second-order valence-corrected chi connectivity index (χ2v) is 7.71. The van der Waals surface area contributed by atoms with Crippen molar-refractivity contribution in [2.45, 2.75) is 18.1 Å². The van der Waals surface area contributed by atoms with Crippen molar-refractivity contribution in [2.75, 3.05) is 26.0 Å². The smallest absolute Gasteiger partial charge is 0.387 e. The van der Waals surface area contributed by atoms with Crippen LogP contribution in [0.1, 0.15) is 5.56 Å². The van der Waals surface area contributed by atoms with Gasteiger partial charge in [-0.05, 0) is 49.0 Å². The number of nitrogens with one attached hydrogen (secondary N) is 1. The van der Waals surface area contributed by atoms with Crippen LogP contribution in [0.2, 0.25) is 0 Å². The molecule has 2 rings (SSSR count). The van der Waals surface area contributed by atoms with Crippen LogP contribution < -0.4 is 19.9 Å². The molecule has 0 spiro atoms. The molecule has 1 amide bonds. The molecule has 11 heteroatoms. The maximum absolute atomic E-state index is 12.5. The molecule has 158 valence electrons. The van der Waals surface area contributed by atoms with Gasteiger partial charge in [-0.15, -0.1) is 0 Å². The second kappa shape index (κ2) is 9.63. The van der Waals surface area contributed by atoms with Crippen LogP contribution >= 0.6 is 0 Å². The predicted octanol–water partition coefficient (Wildman–Crippen LogP) is 2.01. The highest BCUT2D eigenvalue weighted by atomic mass is 32.2. The lowest BCUT2D eigenvalue weighted by Crippen LogP contribution is -2.29. The summed E-state index contributed by atoms with van der Waals surface area (Å²) < 4.78 is 56.9. The highest BCUT2D eigenvalue weighted by Crippen LogP contribution is 2.29. The molecule has 0 aromatic heterocycles. The van der Waals surface area contributed by atoms with Crippen LogP contribution in [0.4, 0.5) is 14.5 Å². The SMILES string of the molecule is COc1ccc(CN(C)CC(=O)Nc2ccc(S(N)(=O)=O)cc2)cc1OC(F)F. The topological polar surface area (TPSA) is 111 Å². The molecule has 3 N–H and O–H groups in total. The maximum atomic E-state index is 12.5. The van der Waals surface area contributed by atoms with E-state index in [1.54, 1.807) is 18.0 Å². The molecule has 0 fully saturated rings. The van der Waals surface area contributed by atoms with Crippen molar-refractivity contribution in [3.05, 3.63) is 48.0 Å². The Kier molecular flexibility index (Phi) is 7.48. The molecule has 29 heavy (non-hydrogen) atoms. The van der Waals surface area contributed by atoms with Crippen LogP contribution in [0, 0.1) is 0 Å². The number of likely N-dealkylation sites (N-methyl/N-ethyl adjacent to an activating group) is 1. The van der Waals surface area contributed by atoms with Gasteiger partial charge in [0.1, 0.15) is 0 Å². The molecule has 2 aromatic carbocycles. The first-order valence-corrected chi connectivity index (χ1v) is 9.86. The fourth-order valence-corrected chi connectivity index (χ4v) is 3.06. The quantitative estimate of drug-likeness (QED) is 0.631. The fourth-order valence-electron chi connectivity index (χ4n) is 2.55. The number of carbonyl (C=O) groups excluding carboxylic acids is 1. The number of benzene rings is 2. The molecule has 0 saturated carbocycles. The highest BCUT2D eigenvalue weighted by molar-refractivity contribution is 7.89. The number of anilines is 1. The summed E-state index contributed by atoms with van der Waals surface area (Å²) in [5.74, 6) is -0.251. The summed E-state index contributed by atoms with van der Waals surface area (Å²) in [6, 6.07) is 10.0. The normalized spacial score (nSPS) is 11.6. The number of ether oxygens (including phenoxy) is 2. The predicted molar refractivity (Wildman–Crippen MR) is 102 cm³/mol. The molecule has 0 bridgehead atoms. The number of hydrogen-bond donors (Lipinski definition) is 2. The minimum absolute atomic E-state index is 0.00794. The van der Waals surface area contributed by atoms with Crippen LogP contribution in [0.5, 0.6) is 11.5 Å². The number of nitrogens with zero attached hydrogens (tertiary/aromatic N) is 1. The van der Waals surface area contributed by atoms with Gasteiger partial charge in [0.2, 0.25) is 15.9 Å². The molecule has 0 atom stereocenters. The van der Waals surface area contributed by atoms with Crippen molar-refractivity contribution >= 4 is 21.6 Å². The molecule has 8 nitrogen and oxygen atoms in total. The first kappa shape index (κ1) is 22.5. The van der Waals surface area contributed by atoms with E-state index >= 15 is 0 Å². The van der Waals surface area contributed by atoms with Crippen LogP contribution in [0.25, 0.3) is 0 Å². The zero-order valence-electron chi connectivity index (χ0n) is 15.8. The van der Waals surface area contributed by atoms with Gasteiger partial charge in [-0.25, -0.2) is 13.6 Å². The number of amides is 1. The number of methoxy groups -OCH3 is 1. The van der Waals surface area contributed by atoms with E-state index in [0.29, 0.717) is 17.8 Å². The third kappa shape index (κ3) is 6.97. The van der Waals surface area contributed by atoms with E-state index in [4.69, 9.17) is 9.88 Å². The molecule has 0 saturated heterocycles. The van der Waals surface area contributed by atoms with Crippen molar-refractivity contribution in [3.8, 4) is 11.5 Å². The minimum atomic E-state index is -3.80. The van der Waals surface area contributed by atoms with Gasteiger partial charge < -0.3 is 14.8 Å². The summed E-state index contributed by atoms with van der Waals surface area (Å²) in [4.78, 5) is 13.8. The molecule has 0 unspecified atom stereocenters. The van der Waals surface area contributed by atoms with E-state index in [0.717, 1.165) is 0 Å². The Labute approximate surface area is 167 Å². The summed E-state index contributed by atoms with van der Waals surface area (Å²) in [5, 5.41) is 7.66. The summed E-state index contributed by atoms with van der Waals surface area (Å²) in [5.41, 5.74) is 1.06. The third-order valence-electron chi connectivity index (χ3n) is 3.78.